The molecule has 0 bridgehead atoms. The van der Waals surface area contributed by atoms with Gasteiger partial charge in [-0.15, -0.1) is 0 Å². The van der Waals surface area contributed by atoms with Gasteiger partial charge >= 0.3 is 196 Å². The number of anilines is 1. The van der Waals surface area contributed by atoms with Crippen LogP contribution in [0.2, 0.25) is 0 Å². The molecule has 0 atom stereocenters. The summed E-state index contributed by atoms with van der Waals surface area (Å²) in [5, 5.41) is 12.4. The van der Waals surface area contributed by atoms with Crippen LogP contribution in [0.1, 0.15) is 12.5 Å². The van der Waals surface area contributed by atoms with Crippen LogP contribution >= 0.6 is 0 Å². The SMILES string of the molecule is CCNCC1=CC(c2ccc3[nH]nc(-c4nc5c(N6CCN(C)CC6)cncc5[nH]4)c3c2)=C[I-]C=C1. The van der Waals surface area contributed by atoms with Crippen LogP contribution < -0.4 is 31.4 Å². The summed E-state index contributed by atoms with van der Waals surface area (Å²) >= 11 is -0.114. The van der Waals surface area contributed by atoms with Crippen molar-refractivity contribution in [3.8, 4) is 11.5 Å². The molecule has 1 fully saturated rings. The zero-order valence-electron chi connectivity index (χ0n) is 20.6. The first-order chi connectivity index (χ1) is 17.7. The number of likely N-dealkylation sites (N-methyl/N-ethyl adjacent to an activating group) is 2. The quantitative estimate of drug-likeness (QED) is 0.286. The van der Waals surface area contributed by atoms with Gasteiger partial charge in [-0.05, 0) is 7.05 Å². The molecule has 186 valence electrons. The summed E-state index contributed by atoms with van der Waals surface area (Å²) in [6.07, 6.45) is 8.37. The van der Waals surface area contributed by atoms with E-state index < -0.39 is 0 Å². The molecule has 8 nitrogen and oxygen atoms in total. The summed E-state index contributed by atoms with van der Waals surface area (Å²) in [6, 6.07) is 6.54. The Labute approximate surface area is 220 Å². The van der Waals surface area contributed by atoms with Crippen LogP contribution in [0.4, 0.5) is 5.69 Å². The van der Waals surface area contributed by atoms with Crippen LogP contribution in [0.15, 0.2) is 56.5 Å². The predicted molar refractivity (Wildman–Crippen MR) is 142 cm³/mol. The molecule has 0 unspecified atom stereocenters. The standard InChI is InChI=1S/C27H30IN8/c1-3-29-15-18-6-7-28-14-20(12-18)19-4-5-22-21(13-19)25(34-33-22)27-31-23-16-30-17-24(26(23)32-27)36-10-8-35(2)9-11-36/h4-7,12-14,16-17,29H,3,8-11,15H2,1-2H3,(H,31,32)(H,33,34)/q-1. The van der Waals surface area contributed by atoms with Gasteiger partial charge in [0.25, 0.3) is 0 Å². The van der Waals surface area contributed by atoms with Gasteiger partial charge in [-0.3, -0.25) is 0 Å². The molecule has 0 radical (unpaired) electrons. The number of fused-ring (bicyclic) bond motifs is 2. The summed E-state index contributed by atoms with van der Waals surface area (Å²) in [4.78, 5) is 17.8. The fourth-order valence-electron chi connectivity index (χ4n) is 4.71. The first-order valence-electron chi connectivity index (χ1n) is 12.4. The number of aromatic nitrogens is 5. The van der Waals surface area contributed by atoms with Gasteiger partial charge in [0.15, 0.2) is 0 Å². The zero-order chi connectivity index (χ0) is 24.5. The van der Waals surface area contributed by atoms with Crippen molar-refractivity contribution in [3.63, 3.8) is 0 Å². The van der Waals surface area contributed by atoms with Gasteiger partial charge < -0.3 is 4.90 Å². The van der Waals surface area contributed by atoms with E-state index in [9.17, 15) is 0 Å². The van der Waals surface area contributed by atoms with E-state index in [1.807, 2.05) is 12.4 Å². The Morgan fingerprint density at radius 1 is 1.11 bits per heavy atom. The third-order valence-electron chi connectivity index (χ3n) is 6.79. The van der Waals surface area contributed by atoms with E-state index in [0.29, 0.717) is 0 Å². The second-order valence-electron chi connectivity index (χ2n) is 9.25. The number of benzene rings is 1. The number of hydrogen-bond donors (Lipinski definition) is 3. The molecular weight excluding hydrogens is 563 g/mol. The fraction of sp³-hybridized carbons (Fsp3) is 0.296. The predicted octanol–water partition coefficient (Wildman–Crippen LogP) is 0.746. The van der Waals surface area contributed by atoms with E-state index in [-0.39, 0.29) is 21.2 Å². The second-order valence-corrected chi connectivity index (χ2v) is 11.3. The maximum atomic E-state index is 5.03. The van der Waals surface area contributed by atoms with Crippen molar-refractivity contribution in [2.75, 3.05) is 51.2 Å². The van der Waals surface area contributed by atoms with Crippen LogP contribution in [-0.4, -0.2) is 76.4 Å². The van der Waals surface area contributed by atoms with Crippen molar-refractivity contribution in [1.29, 1.82) is 0 Å². The molecule has 4 aromatic rings. The number of hydrogen-bond acceptors (Lipinski definition) is 6. The number of H-pyrrole nitrogens is 2. The van der Waals surface area contributed by atoms with E-state index in [1.54, 1.807) is 0 Å². The third-order valence-corrected chi connectivity index (χ3v) is 8.60. The molecule has 0 aliphatic carbocycles. The van der Waals surface area contributed by atoms with E-state index in [4.69, 9.17) is 4.98 Å². The maximum absolute atomic E-state index is 5.03. The number of allylic oxidation sites excluding steroid dienone is 2. The van der Waals surface area contributed by atoms with Crippen LogP contribution in [0, 0.1) is 0 Å². The van der Waals surface area contributed by atoms with Gasteiger partial charge in [-0.25, -0.2) is 0 Å². The molecule has 2 aliphatic heterocycles. The number of piperazine rings is 1. The van der Waals surface area contributed by atoms with Crippen molar-refractivity contribution in [2.24, 2.45) is 0 Å². The molecule has 1 aromatic carbocycles. The normalized spacial score (nSPS) is 17.2. The molecule has 6 rings (SSSR count). The summed E-state index contributed by atoms with van der Waals surface area (Å²) in [5.41, 5.74) is 8.62. The molecule has 0 saturated carbocycles. The van der Waals surface area contributed by atoms with Gasteiger partial charge in [-0.2, -0.15) is 0 Å². The molecule has 0 spiro atoms. The molecule has 3 aromatic heterocycles. The van der Waals surface area contributed by atoms with Crippen molar-refractivity contribution < 1.29 is 21.2 Å². The molecule has 5 heterocycles. The van der Waals surface area contributed by atoms with Gasteiger partial charge in [-0.1, -0.05) is 0 Å². The number of halogens is 1. The Balaban J connectivity index is 1.37. The van der Waals surface area contributed by atoms with Crippen LogP contribution in [0.5, 0.6) is 0 Å². The van der Waals surface area contributed by atoms with Gasteiger partial charge in [0.05, 0.1) is 0 Å². The third kappa shape index (κ3) is 4.58. The summed E-state index contributed by atoms with van der Waals surface area (Å²) < 4.78 is 4.72. The van der Waals surface area contributed by atoms with E-state index in [0.717, 1.165) is 78.4 Å². The number of rotatable bonds is 6. The number of nitrogens with zero attached hydrogens (tertiary/aromatic N) is 5. The number of imidazole rings is 1. The van der Waals surface area contributed by atoms with Gasteiger partial charge in [0.1, 0.15) is 0 Å². The van der Waals surface area contributed by atoms with Crippen LogP contribution in [0.25, 0.3) is 39.0 Å². The summed E-state index contributed by atoms with van der Waals surface area (Å²) in [7, 11) is 2.17. The van der Waals surface area contributed by atoms with Crippen molar-refractivity contribution in [3.05, 3.63) is 62.0 Å². The Hall–Kier alpha value is -3.02. The van der Waals surface area contributed by atoms with Gasteiger partial charge in [0, 0.05) is 13.1 Å². The average Bonchev–Trinajstić information content (AvgIpc) is 3.45. The monoisotopic (exact) mass is 593 g/mol. The zero-order valence-corrected chi connectivity index (χ0v) is 22.7. The second kappa shape index (κ2) is 10.2. The van der Waals surface area contributed by atoms with E-state index in [1.165, 1.54) is 16.7 Å². The molecule has 2 aliphatic rings. The molecular formula is C27H30IN8-. The molecule has 1 saturated heterocycles. The number of nitrogens with one attached hydrogen (secondary N) is 3. The average molecular weight is 593 g/mol. The van der Waals surface area contributed by atoms with Gasteiger partial charge in [0.2, 0.25) is 0 Å². The minimum absolute atomic E-state index is 0.114. The Morgan fingerprint density at radius 2 is 2.00 bits per heavy atom. The Bertz CT molecular complexity index is 1490. The van der Waals surface area contributed by atoms with Crippen molar-refractivity contribution in [1.82, 2.24) is 35.4 Å². The topological polar surface area (TPSA) is 88.8 Å². The Morgan fingerprint density at radius 3 is 2.86 bits per heavy atom. The summed E-state index contributed by atoms with van der Waals surface area (Å²) in [5.74, 6) is 0.768. The first-order valence-corrected chi connectivity index (χ1v) is 14.8. The molecule has 0 amide bonds. The molecule has 3 N–H and O–H groups in total. The van der Waals surface area contributed by atoms with Crippen LogP contribution in [0.3, 0.4) is 0 Å². The van der Waals surface area contributed by atoms with E-state index in [2.05, 4.69) is 87.8 Å². The number of pyridine rings is 1. The van der Waals surface area contributed by atoms with E-state index >= 15 is 0 Å². The van der Waals surface area contributed by atoms with Crippen molar-refractivity contribution in [2.45, 2.75) is 6.92 Å². The van der Waals surface area contributed by atoms with Crippen molar-refractivity contribution >= 4 is 33.2 Å². The molecule has 36 heavy (non-hydrogen) atoms. The van der Waals surface area contributed by atoms with Crippen LogP contribution in [-0.2, 0) is 0 Å². The Kier molecular flexibility index (Phi) is 6.60. The summed E-state index contributed by atoms with van der Waals surface area (Å²) in [6.45, 7) is 8.02. The molecule has 9 heteroatoms. The first kappa shape index (κ1) is 23.4. The number of aromatic amines is 2. The minimum atomic E-state index is -0.114. The fourth-order valence-corrected chi connectivity index (χ4v) is 6.51.